The van der Waals surface area contributed by atoms with E-state index < -0.39 is 35.0 Å². The number of ketones is 2. The van der Waals surface area contributed by atoms with Crippen molar-refractivity contribution in [3.8, 4) is 0 Å². The number of carbonyl (C=O) groups is 3. The second-order valence-electron chi connectivity index (χ2n) is 6.66. The highest BCUT2D eigenvalue weighted by molar-refractivity contribution is 5.91. The highest BCUT2D eigenvalue weighted by atomic mass is 16.8. The van der Waals surface area contributed by atoms with Gasteiger partial charge in [-0.05, 0) is 20.8 Å². The van der Waals surface area contributed by atoms with E-state index in [2.05, 4.69) is 0 Å². The fraction of sp³-hybridized carbons (Fsp3) is 0.786. The maximum atomic E-state index is 12.2. The summed E-state index contributed by atoms with van der Waals surface area (Å²) in [5.74, 6) is -2.81. The molecule has 3 saturated heterocycles. The Bertz CT molecular complexity index is 566. The molecule has 6 heteroatoms. The number of carbonyl (C=O) groups excluding carboxylic acids is 3. The van der Waals surface area contributed by atoms with Crippen LogP contribution < -0.4 is 0 Å². The molecule has 0 amide bonds. The first-order valence-electron chi connectivity index (χ1n) is 6.87. The summed E-state index contributed by atoms with van der Waals surface area (Å²) in [6.45, 7) is 4.86. The summed E-state index contributed by atoms with van der Waals surface area (Å²) >= 11 is 0. The van der Waals surface area contributed by atoms with Gasteiger partial charge in [-0.2, -0.15) is 0 Å². The van der Waals surface area contributed by atoms with Crippen LogP contribution in [0.2, 0.25) is 0 Å². The van der Waals surface area contributed by atoms with E-state index in [4.69, 9.17) is 14.2 Å². The molecule has 4 fully saturated rings. The lowest BCUT2D eigenvalue weighted by atomic mass is 9.66. The van der Waals surface area contributed by atoms with Gasteiger partial charge >= 0.3 is 5.97 Å². The summed E-state index contributed by atoms with van der Waals surface area (Å²) < 4.78 is 17.5. The molecule has 0 aromatic rings. The van der Waals surface area contributed by atoms with E-state index >= 15 is 0 Å². The molecule has 1 aliphatic carbocycles. The van der Waals surface area contributed by atoms with Gasteiger partial charge in [-0.15, -0.1) is 0 Å². The minimum absolute atomic E-state index is 0.00131. The Balaban J connectivity index is 1.97. The Hall–Kier alpha value is -1.27. The number of hydrogen-bond donors (Lipinski definition) is 0. The third kappa shape index (κ3) is 1.05. The van der Waals surface area contributed by atoms with E-state index in [9.17, 15) is 14.4 Å². The summed E-state index contributed by atoms with van der Waals surface area (Å²) in [5.41, 5.74) is -2.22. The van der Waals surface area contributed by atoms with Crippen LogP contribution in [0.15, 0.2) is 0 Å². The fourth-order valence-electron chi connectivity index (χ4n) is 4.48. The lowest BCUT2D eigenvalue weighted by Gasteiger charge is -2.49. The molecule has 3 heterocycles. The van der Waals surface area contributed by atoms with Crippen molar-refractivity contribution in [1.29, 1.82) is 0 Å². The van der Waals surface area contributed by atoms with Crippen molar-refractivity contribution in [3.63, 3.8) is 0 Å². The lowest BCUT2D eigenvalue weighted by molar-refractivity contribution is -0.344. The normalized spacial score (nSPS) is 55.9. The minimum Gasteiger partial charge on any atom is -0.427 e. The van der Waals surface area contributed by atoms with E-state index in [1.807, 2.05) is 0 Å². The predicted molar refractivity (Wildman–Crippen MR) is 63.5 cm³/mol. The molecule has 0 unspecified atom stereocenters. The van der Waals surface area contributed by atoms with Crippen LogP contribution in [-0.2, 0) is 28.6 Å². The highest BCUT2D eigenvalue weighted by Gasteiger charge is 2.82. The first kappa shape index (κ1) is 12.5. The number of esters is 1. The van der Waals surface area contributed by atoms with E-state index in [0.29, 0.717) is 0 Å². The van der Waals surface area contributed by atoms with Crippen LogP contribution in [0.3, 0.4) is 0 Å². The van der Waals surface area contributed by atoms with Crippen molar-refractivity contribution in [2.75, 3.05) is 0 Å². The molecule has 0 aromatic carbocycles. The number of rotatable bonds is 1. The topological polar surface area (TPSA) is 78.9 Å². The van der Waals surface area contributed by atoms with Crippen LogP contribution in [0, 0.1) is 11.8 Å². The van der Waals surface area contributed by atoms with Gasteiger partial charge in [-0.3, -0.25) is 9.59 Å². The van der Waals surface area contributed by atoms with Gasteiger partial charge in [0.25, 0.3) is 5.79 Å². The minimum atomic E-state index is -1.36. The van der Waals surface area contributed by atoms with Gasteiger partial charge in [0, 0.05) is 12.3 Å². The summed E-state index contributed by atoms with van der Waals surface area (Å²) in [6, 6.07) is 0. The van der Waals surface area contributed by atoms with Gasteiger partial charge in [-0.25, -0.2) is 4.79 Å². The Kier molecular flexibility index (Phi) is 1.96. The van der Waals surface area contributed by atoms with E-state index in [1.165, 1.54) is 6.92 Å². The Morgan fingerprint density at radius 1 is 1.30 bits per heavy atom. The van der Waals surface area contributed by atoms with Crippen LogP contribution in [0.1, 0.15) is 33.6 Å². The van der Waals surface area contributed by atoms with Crippen molar-refractivity contribution in [2.24, 2.45) is 11.8 Å². The number of Topliss-reactive ketones (excluding diaryl/α,β-unsaturated/α-hetero) is 2. The SMILES string of the molecule is CC(=O)[C@H]1[C@H]2CC(=O)C[C@@]34OC(=O)[C@@](C)(O3)[C@@H]1O[C@@]24C. The predicted octanol–water partition coefficient (Wildman–Crippen LogP) is 0.370. The monoisotopic (exact) mass is 280 g/mol. The smallest absolute Gasteiger partial charge is 0.343 e. The van der Waals surface area contributed by atoms with E-state index in [1.54, 1.807) is 13.8 Å². The zero-order valence-electron chi connectivity index (χ0n) is 11.6. The molecule has 0 N–H and O–H groups in total. The molecule has 1 saturated carbocycles. The summed E-state index contributed by atoms with van der Waals surface area (Å²) in [7, 11) is 0. The van der Waals surface area contributed by atoms with E-state index in [-0.39, 0.29) is 30.3 Å². The average Bonchev–Trinajstić information content (AvgIpc) is 2.73. The molecule has 4 bridgehead atoms. The standard InChI is InChI=1S/C14H16O6/c1-6(15)9-8-4-7(16)5-14-13(8,3)18-10(9)12(2,20-14)11(17)19-14/h8-10H,4-5H2,1-3H3/t8-,9+,10-,12+,13+,14-/m1/s1. The van der Waals surface area contributed by atoms with Crippen LogP contribution in [-0.4, -0.2) is 40.6 Å². The molecule has 6 atom stereocenters. The average molecular weight is 280 g/mol. The van der Waals surface area contributed by atoms with Crippen molar-refractivity contribution in [3.05, 3.63) is 0 Å². The Labute approximate surface area is 115 Å². The van der Waals surface area contributed by atoms with Gasteiger partial charge < -0.3 is 14.2 Å². The van der Waals surface area contributed by atoms with Gasteiger partial charge in [0.2, 0.25) is 0 Å². The lowest BCUT2D eigenvalue weighted by Crippen LogP contribution is -2.64. The van der Waals surface area contributed by atoms with Gasteiger partial charge in [0.05, 0.1) is 12.3 Å². The maximum absolute atomic E-state index is 12.2. The van der Waals surface area contributed by atoms with E-state index in [0.717, 1.165) is 0 Å². The molecule has 3 aliphatic heterocycles. The number of fused-ring (bicyclic) bond motifs is 3. The van der Waals surface area contributed by atoms with Crippen LogP contribution in [0.25, 0.3) is 0 Å². The quantitative estimate of drug-likeness (QED) is 0.646. The maximum Gasteiger partial charge on any atom is 0.343 e. The van der Waals surface area contributed by atoms with Crippen LogP contribution in [0.5, 0.6) is 0 Å². The number of ether oxygens (including phenoxy) is 3. The van der Waals surface area contributed by atoms with Crippen LogP contribution in [0.4, 0.5) is 0 Å². The van der Waals surface area contributed by atoms with Gasteiger partial charge in [0.1, 0.15) is 23.3 Å². The summed E-state index contributed by atoms with van der Waals surface area (Å²) in [4.78, 5) is 36.4. The first-order chi connectivity index (χ1) is 9.23. The Morgan fingerprint density at radius 3 is 2.65 bits per heavy atom. The second-order valence-corrected chi connectivity index (χ2v) is 6.66. The molecule has 6 nitrogen and oxygen atoms in total. The zero-order chi connectivity index (χ0) is 14.5. The van der Waals surface area contributed by atoms with Gasteiger partial charge in [-0.1, -0.05) is 0 Å². The highest BCUT2D eigenvalue weighted by Crippen LogP contribution is 2.64. The van der Waals surface area contributed by atoms with Crippen LogP contribution >= 0.6 is 0 Å². The first-order valence-corrected chi connectivity index (χ1v) is 6.87. The van der Waals surface area contributed by atoms with Crippen molar-refractivity contribution >= 4 is 17.5 Å². The third-order valence-corrected chi connectivity index (χ3v) is 5.52. The van der Waals surface area contributed by atoms with Crippen molar-refractivity contribution < 1.29 is 28.6 Å². The largest absolute Gasteiger partial charge is 0.427 e. The van der Waals surface area contributed by atoms with Gasteiger partial charge in [0.15, 0.2) is 5.60 Å². The summed E-state index contributed by atoms with van der Waals surface area (Å²) in [6.07, 6.45) is -0.404. The molecule has 4 aliphatic rings. The molecule has 1 spiro atoms. The zero-order valence-corrected chi connectivity index (χ0v) is 11.6. The third-order valence-electron chi connectivity index (χ3n) is 5.52. The Morgan fingerprint density at radius 2 is 2.00 bits per heavy atom. The molecule has 0 radical (unpaired) electrons. The molecular formula is C14H16O6. The molecular weight excluding hydrogens is 264 g/mol. The van der Waals surface area contributed by atoms with Crippen molar-refractivity contribution in [2.45, 2.75) is 56.7 Å². The molecule has 108 valence electrons. The summed E-state index contributed by atoms with van der Waals surface area (Å²) in [5, 5.41) is 0. The second kappa shape index (κ2) is 3.14. The molecule has 20 heavy (non-hydrogen) atoms. The fourth-order valence-corrected chi connectivity index (χ4v) is 4.48. The van der Waals surface area contributed by atoms with Crippen molar-refractivity contribution in [1.82, 2.24) is 0 Å². The molecule has 4 rings (SSSR count). The number of hydrogen-bond acceptors (Lipinski definition) is 6. The molecule has 0 aromatic heterocycles.